The number of methoxy groups -OCH3 is 2. The van der Waals surface area contributed by atoms with Crippen LogP contribution in [0.5, 0.6) is 11.5 Å². The van der Waals surface area contributed by atoms with Crippen molar-refractivity contribution in [1.82, 2.24) is 5.32 Å². The molecule has 7 heteroatoms. The predicted molar refractivity (Wildman–Crippen MR) is 98.2 cm³/mol. The molecule has 0 aromatic heterocycles. The number of benzene rings is 2. The van der Waals surface area contributed by atoms with Crippen LogP contribution >= 0.6 is 15.9 Å². The zero-order valence-electron chi connectivity index (χ0n) is 14.0. The van der Waals surface area contributed by atoms with E-state index in [1.54, 1.807) is 30.3 Å². The van der Waals surface area contributed by atoms with Crippen LogP contribution in [-0.2, 0) is 6.42 Å². The van der Waals surface area contributed by atoms with E-state index in [1.807, 2.05) is 6.07 Å². The van der Waals surface area contributed by atoms with Crippen molar-refractivity contribution in [2.75, 3.05) is 20.8 Å². The number of nitrogens with two attached hydrogens (primary N) is 1. The van der Waals surface area contributed by atoms with Gasteiger partial charge >= 0.3 is 0 Å². The molecule has 0 aliphatic carbocycles. The Bertz CT molecular complexity index is 767. The molecule has 0 fully saturated rings. The molecule has 0 aliphatic rings. The maximum absolute atomic E-state index is 12.3. The van der Waals surface area contributed by atoms with Gasteiger partial charge in [-0.25, -0.2) is 0 Å². The van der Waals surface area contributed by atoms with Crippen molar-refractivity contribution in [2.45, 2.75) is 6.42 Å². The number of ether oxygens (including phenoxy) is 2. The van der Waals surface area contributed by atoms with E-state index in [1.165, 1.54) is 14.2 Å². The van der Waals surface area contributed by atoms with Crippen molar-refractivity contribution in [2.24, 2.45) is 5.73 Å². The van der Waals surface area contributed by atoms with Gasteiger partial charge in [0, 0.05) is 17.7 Å². The van der Waals surface area contributed by atoms with Gasteiger partial charge in [-0.2, -0.15) is 0 Å². The monoisotopic (exact) mass is 406 g/mol. The van der Waals surface area contributed by atoms with Crippen LogP contribution in [0, 0.1) is 0 Å². The van der Waals surface area contributed by atoms with Crippen molar-refractivity contribution < 1.29 is 19.1 Å². The lowest BCUT2D eigenvalue weighted by atomic mass is 10.1. The smallest absolute Gasteiger partial charge is 0.251 e. The third-order valence-corrected chi connectivity index (χ3v) is 4.40. The molecule has 0 heterocycles. The number of carbonyl (C=O) groups excluding carboxylic acids is 2. The molecule has 3 N–H and O–H groups in total. The summed E-state index contributed by atoms with van der Waals surface area (Å²) in [5, 5.41) is 2.84. The fourth-order valence-corrected chi connectivity index (χ4v) is 2.86. The highest BCUT2D eigenvalue weighted by Crippen LogP contribution is 2.35. The number of hydrogen-bond acceptors (Lipinski definition) is 4. The standard InChI is InChI=1S/C18H19BrN2O4/c1-24-14-9-13(10-15(25-2)16(14)19)18(23)21-7-6-11-4-3-5-12(8-11)17(20)22/h3-5,8-10H,6-7H2,1-2H3,(H2,20,22)(H,21,23). The van der Waals surface area contributed by atoms with E-state index in [-0.39, 0.29) is 5.91 Å². The molecule has 0 aliphatic heterocycles. The van der Waals surface area contributed by atoms with Gasteiger partial charge in [0.15, 0.2) is 0 Å². The molecule has 2 rings (SSSR count). The highest BCUT2D eigenvalue weighted by atomic mass is 79.9. The third kappa shape index (κ3) is 4.73. The number of primary amides is 1. The van der Waals surface area contributed by atoms with Crippen LogP contribution in [0.3, 0.4) is 0 Å². The molecule has 132 valence electrons. The minimum atomic E-state index is -0.472. The molecule has 2 aromatic carbocycles. The van der Waals surface area contributed by atoms with Gasteiger partial charge in [-0.15, -0.1) is 0 Å². The van der Waals surface area contributed by atoms with Gasteiger partial charge in [0.25, 0.3) is 5.91 Å². The number of halogens is 1. The molecule has 2 amide bonds. The van der Waals surface area contributed by atoms with Crippen LogP contribution in [0.15, 0.2) is 40.9 Å². The van der Waals surface area contributed by atoms with E-state index in [0.29, 0.717) is 40.1 Å². The van der Waals surface area contributed by atoms with Crippen molar-refractivity contribution >= 4 is 27.7 Å². The SMILES string of the molecule is COc1cc(C(=O)NCCc2cccc(C(N)=O)c2)cc(OC)c1Br. The Morgan fingerprint density at radius 3 is 2.28 bits per heavy atom. The Morgan fingerprint density at radius 2 is 1.72 bits per heavy atom. The molecule has 0 bridgehead atoms. The van der Waals surface area contributed by atoms with E-state index < -0.39 is 5.91 Å². The van der Waals surface area contributed by atoms with Crippen LogP contribution in [0.1, 0.15) is 26.3 Å². The largest absolute Gasteiger partial charge is 0.495 e. The summed E-state index contributed by atoms with van der Waals surface area (Å²) in [7, 11) is 3.04. The van der Waals surface area contributed by atoms with E-state index in [2.05, 4.69) is 21.2 Å². The first-order valence-corrected chi connectivity index (χ1v) is 8.34. The lowest BCUT2D eigenvalue weighted by Gasteiger charge is -2.12. The fourth-order valence-electron chi connectivity index (χ4n) is 2.30. The first-order valence-electron chi connectivity index (χ1n) is 7.54. The van der Waals surface area contributed by atoms with Crippen molar-refractivity contribution in [3.63, 3.8) is 0 Å². The second-order valence-electron chi connectivity index (χ2n) is 5.27. The first kappa shape index (κ1) is 18.8. The molecule has 6 nitrogen and oxygen atoms in total. The number of rotatable bonds is 7. The second kappa shape index (κ2) is 8.53. The molecule has 0 spiro atoms. The summed E-state index contributed by atoms with van der Waals surface area (Å²) < 4.78 is 11.1. The van der Waals surface area contributed by atoms with Crippen LogP contribution in [0.2, 0.25) is 0 Å². The third-order valence-electron chi connectivity index (χ3n) is 3.62. The van der Waals surface area contributed by atoms with E-state index in [9.17, 15) is 9.59 Å². The van der Waals surface area contributed by atoms with Gasteiger partial charge in [-0.1, -0.05) is 12.1 Å². The van der Waals surface area contributed by atoms with Crippen LogP contribution in [0.4, 0.5) is 0 Å². The Hall–Kier alpha value is -2.54. The molecule has 25 heavy (non-hydrogen) atoms. The van der Waals surface area contributed by atoms with Crippen molar-refractivity contribution in [1.29, 1.82) is 0 Å². The van der Waals surface area contributed by atoms with Crippen molar-refractivity contribution in [3.05, 3.63) is 57.6 Å². The molecule has 0 atom stereocenters. The van der Waals surface area contributed by atoms with Crippen LogP contribution in [-0.4, -0.2) is 32.6 Å². The van der Waals surface area contributed by atoms with Gasteiger partial charge in [0.2, 0.25) is 5.91 Å². The number of carbonyl (C=O) groups is 2. The lowest BCUT2D eigenvalue weighted by Crippen LogP contribution is -2.25. The number of hydrogen-bond donors (Lipinski definition) is 2. The summed E-state index contributed by atoms with van der Waals surface area (Å²) >= 11 is 3.37. The van der Waals surface area contributed by atoms with Gasteiger partial charge in [0.1, 0.15) is 16.0 Å². The quantitative estimate of drug-likeness (QED) is 0.738. The Morgan fingerprint density at radius 1 is 1.08 bits per heavy atom. The summed E-state index contributed by atoms with van der Waals surface area (Å²) in [6.45, 7) is 0.418. The molecule has 0 unspecified atom stereocenters. The lowest BCUT2D eigenvalue weighted by molar-refractivity contribution is 0.0951. The molecule has 2 aromatic rings. The molecule has 0 radical (unpaired) electrons. The fraction of sp³-hybridized carbons (Fsp3) is 0.222. The number of nitrogens with one attached hydrogen (secondary N) is 1. The summed E-state index contributed by atoms with van der Waals surface area (Å²) in [5.74, 6) is 0.312. The summed E-state index contributed by atoms with van der Waals surface area (Å²) in [4.78, 5) is 23.5. The zero-order chi connectivity index (χ0) is 18.4. The zero-order valence-corrected chi connectivity index (χ0v) is 15.6. The average molecular weight is 407 g/mol. The molecular formula is C18H19BrN2O4. The average Bonchev–Trinajstić information content (AvgIpc) is 2.62. The predicted octanol–water partition coefficient (Wildman–Crippen LogP) is 2.54. The van der Waals surface area contributed by atoms with E-state index in [4.69, 9.17) is 15.2 Å². The molecular weight excluding hydrogens is 388 g/mol. The van der Waals surface area contributed by atoms with Crippen molar-refractivity contribution in [3.8, 4) is 11.5 Å². The Labute approximate surface area is 154 Å². The van der Waals surface area contributed by atoms with Crippen LogP contribution in [0.25, 0.3) is 0 Å². The van der Waals surface area contributed by atoms with Gasteiger partial charge in [0.05, 0.1) is 14.2 Å². The van der Waals surface area contributed by atoms with E-state index in [0.717, 1.165) is 5.56 Å². The highest BCUT2D eigenvalue weighted by Gasteiger charge is 2.14. The summed E-state index contributed by atoms with van der Waals surface area (Å²) in [6, 6.07) is 10.3. The topological polar surface area (TPSA) is 90.6 Å². The summed E-state index contributed by atoms with van der Waals surface area (Å²) in [5.41, 5.74) is 7.07. The van der Waals surface area contributed by atoms with E-state index >= 15 is 0 Å². The maximum Gasteiger partial charge on any atom is 0.251 e. The first-order chi connectivity index (χ1) is 12.0. The highest BCUT2D eigenvalue weighted by molar-refractivity contribution is 9.10. The van der Waals surface area contributed by atoms with Crippen LogP contribution < -0.4 is 20.5 Å². The Balaban J connectivity index is 2.03. The van der Waals surface area contributed by atoms with Gasteiger partial charge in [-0.05, 0) is 52.2 Å². The Kier molecular flexibility index (Phi) is 6.41. The number of amides is 2. The van der Waals surface area contributed by atoms with Gasteiger partial charge < -0.3 is 20.5 Å². The van der Waals surface area contributed by atoms with Gasteiger partial charge in [-0.3, -0.25) is 9.59 Å². The molecule has 0 saturated carbocycles. The molecule has 0 saturated heterocycles. The normalized spacial score (nSPS) is 10.2. The summed E-state index contributed by atoms with van der Waals surface area (Å²) in [6.07, 6.45) is 0.581. The second-order valence-corrected chi connectivity index (χ2v) is 6.06. The minimum absolute atomic E-state index is 0.241. The maximum atomic E-state index is 12.3. The minimum Gasteiger partial charge on any atom is -0.495 e.